The molecule has 0 aliphatic rings. The van der Waals surface area contributed by atoms with Gasteiger partial charge in [0.25, 0.3) is 0 Å². The molecule has 1 atom stereocenters. The van der Waals surface area contributed by atoms with E-state index in [4.69, 9.17) is 5.73 Å². The summed E-state index contributed by atoms with van der Waals surface area (Å²) in [6.07, 6.45) is 0.975. The molecule has 1 unspecified atom stereocenters. The van der Waals surface area contributed by atoms with Crippen LogP contribution in [-0.4, -0.2) is 6.04 Å². The van der Waals surface area contributed by atoms with E-state index in [2.05, 4.69) is 32.0 Å². The van der Waals surface area contributed by atoms with Crippen LogP contribution >= 0.6 is 0 Å². The van der Waals surface area contributed by atoms with Crippen molar-refractivity contribution in [2.75, 3.05) is 0 Å². The normalized spacial score (nSPS) is 13.0. The average molecular weight is 163 g/mol. The van der Waals surface area contributed by atoms with E-state index in [0.29, 0.717) is 0 Å². The molecule has 0 radical (unpaired) electrons. The Kier molecular flexibility index (Phi) is 2.88. The van der Waals surface area contributed by atoms with E-state index in [1.807, 2.05) is 6.92 Å². The summed E-state index contributed by atoms with van der Waals surface area (Å²) in [5.74, 6) is 0. The third-order valence-electron chi connectivity index (χ3n) is 1.84. The van der Waals surface area contributed by atoms with Crippen molar-refractivity contribution in [3.8, 4) is 0 Å². The van der Waals surface area contributed by atoms with Gasteiger partial charge in [0.05, 0.1) is 0 Å². The van der Waals surface area contributed by atoms with E-state index in [-0.39, 0.29) is 6.04 Å². The molecule has 0 saturated heterocycles. The van der Waals surface area contributed by atoms with Crippen molar-refractivity contribution < 1.29 is 0 Å². The molecular weight excluding hydrogens is 146 g/mol. The SMILES string of the molecule is Cc1cc(C)cc(CC(C)N)c1. The molecule has 1 aromatic carbocycles. The zero-order valence-electron chi connectivity index (χ0n) is 8.09. The summed E-state index contributed by atoms with van der Waals surface area (Å²) in [6, 6.07) is 6.85. The number of benzene rings is 1. The molecule has 0 heterocycles. The zero-order valence-corrected chi connectivity index (χ0v) is 8.09. The molecule has 0 aliphatic heterocycles. The fourth-order valence-corrected chi connectivity index (χ4v) is 1.56. The summed E-state index contributed by atoms with van der Waals surface area (Å²) in [6.45, 7) is 6.28. The minimum absolute atomic E-state index is 0.256. The monoisotopic (exact) mass is 163 g/mol. The second kappa shape index (κ2) is 3.72. The summed E-state index contributed by atoms with van der Waals surface area (Å²) in [4.78, 5) is 0. The second-order valence-electron chi connectivity index (χ2n) is 3.68. The lowest BCUT2D eigenvalue weighted by molar-refractivity contribution is 0.737. The van der Waals surface area contributed by atoms with Gasteiger partial charge in [-0.25, -0.2) is 0 Å². The molecule has 0 fully saturated rings. The minimum atomic E-state index is 0.256. The van der Waals surface area contributed by atoms with Gasteiger partial charge in [-0.3, -0.25) is 0 Å². The van der Waals surface area contributed by atoms with Crippen molar-refractivity contribution in [3.05, 3.63) is 34.9 Å². The van der Waals surface area contributed by atoms with Gasteiger partial charge in [0.2, 0.25) is 0 Å². The highest BCUT2D eigenvalue weighted by molar-refractivity contribution is 5.28. The van der Waals surface area contributed by atoms with Crippen LogP contribution in [0.5, 0.6) is 0 Å². The van der Waals surface area contributed by atoms with Gasteiger partial charge in [-0.05, 0) is 32.8 Å². The molecule has 1 heteroatoms. The van der Waals surface area contributed by atoms with Crippen LogP contribution in [-0.2, 0) is 6.42 Å². The van der Waals surface area contributed by atoms with Crippen LogP contribution in [0.25, 0.3) is 0 Å². The Morgan fingerprint density at radius 2 is 1.67 bits per heavy atom. The van der Waals surface area contributed by atoms with Crippen LogP contribution in [0.3, 0.4) is 0 Å². The highest BCUT2D eigenvalue weighted by Crippen LogP contribution is 2.09. The maximum Gasteiger partial charge on any atom is 0.00509 e. The molecule has 0 saturated carbocycles. The van der Waals surface area contributed by atoms with Crippen LogP contribution in [0.15, 0.2) is 18.2 Å². The first-order valence-corrected chi connectivity index (χ1v) is 4.40. The van der Waals surface area contributed by atoms with Gasteiger partial charge in [-0.1, -0.05) is 29.3 Å². The number of nitrogens with two attached hydrogens (primary N) is 1. The lowest BCUT2D eigenvalue weighted by Gasteiger charge is -2.07. The first kappa shape index (κ1) is 9.27. The number of rotatable bonds is 2. The molecule has 66 valence electrons. The Morgan fingerprint density at radius 3 is 2.08 bits per heavy atom. The molecule has 0 spiro atoms. The van der Waals surface area contributed by atoms with Gasteiger partial charge in [0.1, 0.15) is 0 Å². The van der Waals surface area contributed by atoms with Crippen molar-refractivity contribution in [1.82, 2.24) is 0 Å². The summed E-state index contributed by atoms with van der Waals surface area (Å²) < 4.78 is 0. The number of hydrogen-bond acceptors (Lipinski definition) is 1. The van der Waals surface area contributed by atoms with Crippen molar-refractivity contribution in [3.63, 3.8) is 0 Å². The largest absolute Gasteiger partial charge is 0.328 e. The fraction of sp³-hybridized carbons (Fsp3) is 0.455. The van der Waals surface area contributed by atoms with Gasteiger partial charge >= 0.3 is 0 Å². The molecule has 12 heavy (non-hydrogen) atoms. The molecule has 1 rings (SSSR count). The first-order valence-electron chi connectivity index (χ1n) is 4.40. The van der Waals surface area contributed by atoms with Gasteiger partial charge in [-0.2, -0.15) is 0 Å². The Bertz CT molecular complexity index is 243. The van der Waals surface area contributed by atoms with E-state index < -0.39 is 0 Å². The lowest BCUT2D eigenvalue weighted by atomic mass is 10.0. The third kappa shape index (κ3) is 2.67. The molecule has 2 N–H and O–H groups in total. The summed E-state index contributed by atoms with van der Waals surface area (Å²) in [5, 5.41) is 0. The zero-order chi connectivity index (χ0) is 9.14. The van der Waals surface area contributed by atoms with Crippen LogP contribution in [0.4, 0.5) is 0 Å². The fourth-order valence-electron chi connectivity index (χ4n) is 1.56. The highest BCUT2D eigenvalue weighted by Gasteiger charge is 1.98. The molecular formula is C11H17N. The number of hydrogen-bond donors (Lipinski definition) is 1. The molecule has 0 aliphatic carbocycles. The third-order valence-corrected chi connectivity index (χ3v) is 1.84. The topological polar surface area (TPSA) is 26.0 Å². The summed E-state index contributed by atoms with van der Waals surface area (Å²) in [5.41, 5.74) is 9.72. The van der Waals surface area contributed by atoms with Gasteiger partial charge in [0, 0.05) is 6.04 Å². The smallest absolute Gasteiger partial charge is 0.00509 e. The predicted octanol–water partition coefficient (Wildman–Crippen LogP) is 2.19. The molecule has 0 aromatic heterocycles. The number of aryl methyl sites for hydroxylation is 2. The lowest BCUT2D eigenvalue weighted by Crippen LogP contribution is -2.17. The molecule has 1 nitrogen and oxygen atoms in total. The molecule has 0 amide bonds. The Balaban J connectivity index is 2.85. The highest BCUT2D eigenvalue weighted by atomic mass is 14.6. The van der Waals surface area contributed by atoms with Gasteiger partial charge < -0.3 is 5.73 Å². The van der Waals surface area contributed by atoms with E-state index in [1.54, 1.807) is 0 Å². The van der Waals surface area contributed by atoms with E-state index >= 15 is 0 Å². The van der Waals surface area contributed by atoms with Crippen molar-refractivity contribution >= 4 is 0 Å². The van der Waals surface area contributed by atoms with Gasteiger partial charge in [-0.15, -0.1) is 0 Å². The van der Waals surface area contributed by atoms with Crippen molar-refractivity contribution in [2.45, 2.75) is 33.2 Å². The quantitative estimate of drug-likeness (QED) is 0.710. The first-order chi connectivity index (χ1) is 5.58. The molecule has 1 aromatic rings. The minimum Gasteiger partial charge on any atom is -0.328 e. The van der Waals surface area contributed by atoms with Crippen LogP contribution in [0.1, 0.15) is 23.6 Å². The maximum atomic E-state index is 5.72. The summed E-state index contributed by atoms with van der Waals surface area (Å²) >= 11 is 0. The Morgan fingerprint density at radius 1 is 1.17 bits per heavy atom. The van der Waals surface area contributed by atoms with E-state index in [1.165, 1.54) is 16.7 Å². The Hall–Kier alpha value is -0.820. The van der Waals surface area contributed by atoms with Crippen molar-refractivity contribution in [2.24, 2.45) is 5.73 Å². The van der Waals surface area contributed by atoms with Crippen molar-refractivity contribution in [1.29, 1.82) is 0 Å². The predicted molar refractivity (Wildman–Crippen MR) is 53.3 cm³/mol. The molecule has 0 bridgehead atoms. The van der Waals surface area contributed by atoms with Crippen LogP contribution in [0.2, 0.25) is 0 Å². The van der Waals surface area contributed by atoms with Crippen LogP contribution < -0.4 is 5.73 Å². The van der Waals surface area contributed by atoms with E-state index in [9.17, 15) is 0 Å². The maximum absolute atomic E-state index is 5.72. The van der Waals surface area contributed by atoms with E-state index in [0.717, 1.165) is 6.42 Å². The second-order valence-corrected chi connectivity index (χ2v) is 3.68. The van der Waals surface area contributed by atoms with Crippen LogP contribution in [0, 0.1) is 13.8 Å². The Labute approximate surface area is 74.6 Å². The van der Waals surface area contributed by atoms with Gasteiger partial charge in [0.15, 0.2) is 0 Å². The average Bonchev–Trinajstić information content (AvgIpc) is 1.81. The summed E-state index contributed by atoms with van der Waals surface area (Å²) in [7, 11) is 0. The standard InChI is InChI=1S/C11H17N/c1-8-4-9(2)6-11(5-8)7-10(3)12/h4-6,10H,7,12H2,1-3H3.